The summed E-state index contributed by atoms with van der Waals surface area (Å²) in [5.74, 6) is -1.76. The van der Waals surface area contributed by atoms with E-state index in [1.807, 2.05) is 0 Å². The Labute approximate surface area is 157 Å². The van der Waals surface area contributed by atoms with Gasteiger partial charge < -0.3 is 20.1 Å². The van der Waals surface area contributed by atoms with Crippen LogP contribution in [0.1, 0.15) is 21.6 Å². The lowest BCUT2D eigenvalue weighted by atomic mass is 10.1. The molecule has 2 aromatic carbocycles. The number of aromatic carboxylic acids is 1. The van der Waals surface area contributed by atoms with Crippen LogP contribution in [0.5, 0.6) is 5.75 Å². The predicted molar refractivity (Wildman–Crippen MR) is 98.0 cm³/mol. The topological polar surface area (TPSA) is 122 Å². The minimum atomic E-state index is -1.36. The highest BCUT2D eigenvalue weighted by Crippen LogP contribution is 2.34. The van der Waals surface area contributed by atoms with Gasteiger partial charge in [-0.15, -0.1) is 0 Å². The normalized spacial score (nSPS) is 11.2. The van der Waals surface area contributed by atoms with Crippen molar-refractivity contribution in [2.24, 2.45) is 0 Å². The van der Waals surface area contributed by atoms with Crippen LogP contribution in [0.25, 0.3) is 23.1 Å². The number of carboxylic acids is 1. The van der Waals surface area contributed by atoms with Crippen LogP contribution in [0.15, 0.2) is 36.4 Å². The van der Waals surface area contributed by atoms with Crippen LogP contribution in [-0.2, 0) is 0 Å². The van der Waals surface area contributed by atoms with E-state index < -0.39 is 17.9 Å². The summed E-state index contributed by atoms with van der Waals surface area (Å²) in [4.78, 5) is 23.1. The lowest BCUT2D eigenvalue weighted by Gasteiger charge is -2.10. The summed E-state index contributed by atoms with van der Waals surface area (Å²) in [6.07, 6.45) is 1.70. The van der Waals surface area contributed by atoms with E-state index in [0.29, 0.717) is 10.2 Å². The quantitative estimate of drug-likeness (QED) is 0.595. The van der Waals surface area contributed by atoms with Crippen molar-refractivity contribution in [1.82, 2.24) is 9.78 Å². The number of carbonyl (C=O) groups is 2. The Hall–Kier alpha value is -3.72. The summed E-state index contributed by atoms with van der Waals surface area (Å²) in [6, 6.07) is 8.12. The molecule has 0 aliphatic carbocycles. The number of fused-ring (bicyclic) bond motifs is 1. The number of hydrogen-bond acceptors (Lipinski definition) is 5. The van der Waals surface area contributed by atoms with Crippen molar-refractivity contribution in [2.75, 3.05) is 13.2 Å². The highest BCUT2D eigenvalue weighted by Gasteiger charge is 2.23. The molecular weight excluding hydrogens is 371 g/mol. The fraction of sp³-hybridized carbons (Fsp3) is 0.105. The molecule has 9 heteroatoms. The molecule has 0 atom stereocenters. The van der Waals surface area contributed by atoms with Crippen molar-refractivity contribution in [3.63, 3.8) is 0 Å². The molecule has 0 amide bonds. The summed E-state index contributed by atoms with van der Waals surface area (Å²) in [5, 5.41) is 32.0. The van der Waals surface area contributed by atoms with E-state index in [-0.39, 0.29) is 41.1 Å². The van der Waals surface area contributed by atoms with E-state index >= 15 is 0 Å². The Bertz CT molecular complexity index is 1070. The molecule has 144 valence electrons. The molecule has 3 aromatic rings. The molecule has 8 nitrogen and oxygen atoms in total. The van der Waals surface area contributed by atoms with Gasteiger partial charge in [-0.3, -0.25) is 0 Å². The molecule has 3 N–H and O–H groups in total. The number of aromatic nitrogens is 2. The molecule has 0 aliphatic rings. The Morgan fingerprint density at radius 3 is 2.43 bits per heavy atom. The molecule has 0 saturated heterocycles. The van der Waals surface area contributed by atoms with Crippen molar-refractivity contribution in [2.45, 2.75) is 0 Å². The van der Waals surface area contributed by atoms with E-state index in [2.05, 4.69) is 5.10 Å². The van der Waals surface area contributed by atoms with E-state index in [9.17, 15) is 24.2 Å². The second-order valence-corrected chi connectivity index (χ2v) is 5.68. The molecule has 1 heterocycles. The Kier molecular flexibility index (Phi) is 5.37. The van der Waals surface area contributed by atoms with Crippen molar-refractivity contribution >= 4 is 35.1 Å². The van der Waals surface area contributed by atoms with Gasteiger partial charge in [-0.25, -0.2) is 14.0 Å². The molecule has 0 spiro atoms. The van der Waals surface area contributed by atoms with Crippen molar-refractivity contribution in [3.05, 3.63) is 59.0 Å². The zero-order valence-electron chi connectivity index (χ0n) is 14.4. The highest BCUT2D eigenvalue weighted by molar-refractivity contribution is 6.04. The molecule has 0 fully saturated rings. The number of benzene rings is 2. The number of aliphatic hydroxyl groups is 1. The van der Waals surface area contributed by atoms with Crippen LogP contribution < -0.4 is 4.74 Å². The lowest BCUT2D eigenvalue weighted by molar-refractivity contribution is 0.0691. The maximum Gasteiger partial charge on any atom is 0.432 e. The average molecular weight is 386 g/mol. The minimum absolute atomic E-state index is 0.0923. The average Bonchev–Trinajstić information content (AvgIpc) is 3.05. The SMILES string of the molecule is O=C(O)c1ccc2c(c(C=Cc3ccc(F)cc3)nn2C(=O)O)c1OCCO. The van der Waals surface area contributed by atoms with E-state index in [4.69, 9.17) is 9.84 Å². The van der Waals surface area contributed by atoms with Crippen LogP contribution in [0.3, 0.4) is 0 Å². The van der Waals surface area contributed by atoms with Gasteiger partial charge >= 0.3 is 12.1 Å². The minimum Gasteiger partial charge on any atom is -0.489 e. The zero-order chi connectivity index (χ0) is 20.3. The van der Waals surface area contributed by atoms with Gasteiger partial charge in [0.1, 0.15) is 23.7 Å². The molecule has 0 aliphatic heterocycles. The molecule has 0 unspecified atom stereocenters. The number of aliphatic hydroxyl groups excluding tert-OH is 1. The molecule has 0 radical (unpaired) electrons. The zero-order valence-corrected chi connectivity index (χ0v) is 14.4. The van der Waals surface area contributed by atoms with Gasteiger partial charge in [-0.05, 0) is 35.9 Å². The van der Waals surface area contributed by atoms with Gasteiger partial charge in [0.2, 0.25) is 0 Å². The van der Waals surface area contributed by atoms with Gasteiger partial charge in [0, 0.05) is 0 Å². The third-order valence-electron chi connectivity index (χ3n) is 3.88. The van der Waals surface area contributed by atoms with Crippen LogP contribution in [0, 0.1) is 5.82 Å². The number of halogens is 1. The first-order valence-corrected chi connectivity index (χ1v) is 8.12. The summed E-state index contributed by atoms with van der Waals surface area (Å²) in [6.45, 7) is -0.540. The molecule has 3 rings (SSSR count). The Morgan fingerprint density at radius 2 is 1.82 bits per heavy atom. The van der Waals surface area contributed by atoms with Crippen LogP contribution in [0.2, 0.25) is 0 Å². The maximum atomic E-state index is 13.0. The maximum absolute atomic E-state index is 13.0. The van der Waals surface area contributed by atoms with Crippen LogP contribution in [0.4, 0.5) is 9.18 Å². The monoisotopic (exact) mass is 386 g/mol. The highest BCUT2D eigenvalue weighted by atomic mass is 19.1. The Balaban J connectivity index is 2.22. The molecule has 0 bridgehead atoms. The van der Waals surface area contributed by atoms with E-state index in [1.54, 1.807) is 6.08 Å². The standard InChI is InChI=1S/C19H15FN2O6/c20-12-4-1-11(2-5-12)3-7-14-16-15(22(21-14)19(26)27)8-6-13(18(24)25)17(16)28-10-9-23/h1-8,23H,9-10H2,(H,24,25)(H,26,27). The van der Waals surface area contributed by atoms with Gasteiger partial charge in [0.25, 0.3) is 0 Å². The van der Waals surface area contributed by atoms with Gasteiger partial charge in [0.15, 0.2) is 0 Å². The molecular formula is C19H15FN2O6. The first kappa shape index (κ1) is 19.1. The summed E-state index contributed by atoms with van der Waals surface area (Å²) in [7, 11) is 0. The third-order valence-corrected chi connectivity index (χ3v) is 3.88. The van der Waals surface area contributed by atoms with E-state index in [0.717, 1.165) is 0 Å². The summed E-state index contributed by atoms with van der Waals surface area (Å²) in [5.41, 5.74) is 0.718. The van der Waals surface area contributed by atoms with Crippen molar-refractivity contribution < 1.29 is 34.0 Å². The first-order chi connectivity index (χ1) is 13.4. The fourth-order valence-corrected chi connectivity index (χ4v) is 2.69. The second kappa shape index (κ2) is 7.89. The van der Waals surface area contributed by atoms with E-state index in [1.165, 1.54) is 42.5 Å². The van der Waals surface area contributed by atoms with Crippen LogP contribution in [-0.4, -0.2) is 50.4 Å². The molecule has 1 aromatic heterocycles. The lowest BCUT2D eigenvalue weighted by Crippen LogP contribution is -2.10. The predicted octanol–water partition coefficient (Wildman–Crippen LogP) is 2.94. The molecule has 0 saturated carbocycles. The van der Waals surface area contributed by atoms with Crippen molar-refractivity contribution in [1.29, 1.82) is 0 Å². The second-order valence-electron chi connectivity index (χ2n) is 5.68. The number of ether oxygens (including phenoxy) is 1. The molecule has 28 heavy (non-hydrogen) atoms. The first-order valence-electron chi connectivity index (χ1n) is 8.12. The summed E-state index contributed by atoms with van der Waals surface area (Å²) < 4.78 is 19.2. The largest absolute Gasteiger partial charge is 0.489 e. The fourth-order valence-electron chi connectivity index (χ4n) is 2.69. The number of nitrogens with zero attached hydrogens (tertiary/aromatic N) is 2. The number of carboxylic acid groups (broad SMARTS) is 2. The van der Waals surface area contributed by atoms with Gasteiger partial charge in [0.05, 0.1) is 23.2 Å². The third kappa shape index (κ3) is 3.69. The number of rotatable bonds is 6. The van der Waals surface area contributed by atoms with Gasteiger partial charge in [-0.1, -0.05) is 18.2 Å². The van der Waals surface area contributed by atoms with Crippen LogP contribution >= 0.6 is 0 Å². The van der Waals surface area contributed by atoms with Gasteiger partial charge in [-0.2, -0.15) is 9.78 Å². The number of hydrogen-bond donors (Lipinski definition) is 3. The summed E-state index contributed by atoms with van der Waals surface area (Å²) >= 11 is 0. The smallest absolute Gasteiger partial charge is 0.432 e. The van der Waals surface area contributed by atoms with Crippen molar-refractivity contribution in [3.8, 4) is 5.75 Å². The Morgan fingerprint density at radius 1 is 1.11 bits per heavy atom.